The van der Waals surface area contributed by atoms with Crippen molar-refractivity contribution in [3.05, 3.63) is 22.4 Å². The van der Waals surface area contributed by atoms with Gasteiger partial charge in [0.25, 0.3) is 0 Å². The molecule has 0 aliphatic rings. The van der Waals surface area contributed by atoms with Crippen molar-refractivity contribution in [2.75, 3.05) is 19.8 Å². The number of aryl methyl sites for hydroxylation is 1. The summed E-state index contributed by atoms with van der Waals surface area (Å²) in [5, 5.41) is 5.60. The normalized spacial score (nSPS) is 12.9. The van der Waals surface area contributed by atoms with Crippen molar-refractivity contribution in [2.24, 2.45) is 0 Å². The van der Waals surface area contributed by atoms with E-state index in [9.17, 15) is 0 Å². The number of nitrogens with one attached hydrogen (secondary N) is 1. The molecule has 1 atom stereocenters. The van der Waals surface area contributed by atoms with Crippen LogP contribution >= 0.6 is 11.3 Å². The first kappa shape index (κ1) is 12.7. The van der Waals surface area contributed by atoms with Crippen LogP contribution in [0.5, 0.6) is 0 Å². The minimum Gasteiger partial charge on any atom is -0.380 e. The van der Waals surface area contributed by atoms with Crippen LogP contribution in [0.3, 0.4) is 0 Å². The fourth-order valence-electron chi connectivity index (χ4n) is 1.42. The first-order valence-corrected chi connectivity index (χ1v) is 6.54. The Morgan fingerprint density at radius 2 is 2.40 bits per heavy atom. The lowest BCUT2D eigenvalue weighted by molar-refractivity contribution is 0.127. The van der Waals surface area contributed by atoms with E-state index in [4.69, 9.17) is 4.74 Å². The summed E-state index contributed by atoms with van der Waals surface area (Å²) in [5.74, 6) is 0. The third kappa shape index (κ3) is 5.92. The second kappa shape index (κ2) is 7.85. The highest BCUT2D eigenvalue weighted by molar-refractivity contribution is 7.09. The maximum absolute atomic E-state index is 5.34. The molecule has 0 spiro atoms. The minimum absolute atomic E-state index is 0.466. The van der Waals surface area contributed by atoms with Crippen molar-refractivity contribution >= 4 is 11.3 Å². The lowest BCUT2D eigenvalue weighted by atomic mass is 10.2. The molecule has 15 heavy (non-hydrogen) atoms. The van der Waals surface area contributed by atoms with Crippen LogP contribution in [0.25, 0.3) is 0 Å². The van der Waals surface area contributed by atoms with E-state index < -0.39 is 0 Å². The molecule has 86 valence electrons. The van der Waals surface area contributed by atoms with Crippen LogP contribution in [0.4, 0.5) is 0 Å². The predicted molar refractivity (Wildman–Crippen MR) is 66.6 cm³/mol. The van der Waals surface area contributed by atoms with Gasteiger partial charge in [0.15, 0.2) is 0 Å². The molecule has 3 heteroatoms. The van der Waals surface area contributed by atoms with Crippen molar-refractivity contribution < 1.29 is 4.74 Å². The van der Waals surface area contributed by atoms with Gasteiger partial charge in [-0.3, -0.25) is 0 Å². The molecule has 0 aliphatic carbocycles. The minimum atomic E-state index is 0.466. The van der Waals surface area contributed by atoms with E-state index in [2.05, 4.69) is 29.8 Å². The van der Waals surface area contributed by atoms with Gasteiger partial charge in [0.1, 0.15) is 0 Å². The number of ether oxygens (including phenoxy) is 1. The van der Waals surface area contributed by atoms with Gasteiger partial charge in [-0.1, -0.05) is 6.07 Å². The maximum Gasteiger partial charge on any atom is 0.0616 e. The topological polar surface area (TPSA) is 21.3 Å². The molecule has 0 aromatic carbocycles. The van der Waals surface area contributed by atoms with E-state index in [0.717, 1.165) is 19.8 Å². The number of hydrogen-bond acceptors (Lipinski definition) is 3. The number of rotatable bonds is 8. The molecule has 2 nitrogen and oxygen atoms in total. The third-order valence-corrected chi connectivity index (χ3v) is 3.18. The largest absolute Gasteiger partial charge is 0.380 e. The second-order valence-electron chi connectivity index (χ2n) is 3.70. The van der Waals surface area contributed by atoms with Gasteiger partial charge in [0.05, 0.1) is 6.61 Å². The highest BCUT2D eigenvalue weighted by atomic mass is 32.1. The first-order chi connectivity index (χ1) is 7.33. The Kier molecular flexibility index (Phi) is 6.64. The van der Waals surface area contributed by atoms with E-state index >= 15 is 0 Å². The predicted octanol–water partition coefficient (Wildman–Crippen LogP) is 2.70. The first-order valence-electron chi connectivity index (χ1n) is 5.66. The third-order valence-electron chi connectivity index (χ3n) is 2.24. The zero-order valence-corrected chi connectivity index (χ0v) is 10.5. The lowest BCUT2D eigenvalue weighted by Gasteiger charge is -2.12. The molecule has 1 N–H and O–H groups in total. The summed E-state index contributed by atoms with van der Waals surface area (Å²) in [4.78, 5) is 1.48. The van der Waals surface area contributed by atoms with Crippen molar-refractivity contribution in [1.82, 2.24) is 5.32 Å². The molecular weight excluding hydrogens is 206 g/mol. The molecular formula is C12H21NOS. The summed E-state index contributed by atoms with van der Waals surface area (Å²) in [6.07, 6.45) is 2.39. The van der Waals surface area contributed by atoms with Gasteiger partial charge < -0.3 is 10.1 Å². The Morgan fingerprint density at radius 3 is 3.07 bits per heavy atom. The van der Waals surface area contributed by atoms with E-state index in [1.165, 1.54) is 17.7 Å². The highest BCUT2D eigenvalue weighted by Gasteiger charge is 2.00. The van der Waals surface area contributed by atoms with Crippen LogP contribution in [0.1, 0.15) is 25.1 Å². The maximum atomic E-state index is 5.34. The highest BCUT2D eigenvalue weighted by Crippen LogP contribution is 2.10. The fourth-order valence-corrected chi connectivity index (χ4v) is 2.17. The smallest absolute Gasteiger partial charge is 0.0616 e. The molecule has 0 radical (unpaired) electrons. The van der Waals surface area contributed by atoms with Crippen LogP contribution < -0.4 is 5.32 Å². The molecule has 1 aromatic rings. The van der Waals surface area contributed by atoms with Crippen molar-refractivity contribution in [2.45, 2.75) is 32.7 Å². The SMILES string of the molecule is CCOCC(C)NCCCc1cccs1. The summed E-state index contributed by atoms with van der Waals surface area (Å²) in [7, 11) is 0. The van der Waals surface area contributed by atoms with Crippen LogP contribution in [0.15, 0.2) is 17.5 Å². The Morgan fingerprint density at radius 1 is 1.53 bits per heavy atom. The molecule has 1 unspecified atom stereocenters. The second-order valence-corrected chi connectivity index (χ2v) is 4.73. The Balaban J connectivity index is 1.97. The molecule has 0 saturated heterocycles. The monoisotopic (exact) mass is 227 g/mol. The van der Waals surface area contributed by atoms with Gasteiger partial charge in [-0.05, 0) is 44.7 Å². The standard InChI is InChI=1S/C12H21NOS/c1-3-14-10-11(2)13-8-4-6-12-7-5-9-15-12/h5,7,9,11,13H,3-4,6,8,10H2,1-2H3. The Labute approximate surface area is 96.7 Å². The fraction of sp³-hybridized carbons (Fsp3) is 0.667. The van der Waals surface area contributed by atoms with Crippen LogP contribution in [-0.4, -0.2) is 25.8 Å². The quantitative estimate of drug-likeness (QED) is 0.689. The summed E-state index contributed by atoms with van der Waals surface area (Å²) in [6, 6.07) is 4.78. The summed E-state index contributed by atoms with van der Waals surface area (Å²) < 4.78 is 5.34. The summed E-state index contributed by atoms with van der Waals surface area (Å²) in [5.41, 5.74) is 0. The van der Waals surface area contributed by atoms with Crippen molar-refractivity contribution in [3.8, 4) is 0 Å². The van der Waals surface area contributed by atoms with E-state index in [0.29, 0.717) is 6.04 Å². The zero-order valence-electron chi connectivity index (χ0n) is 9.66. The van der Waals surface area contributed by atoms with Crippen molar-refractivity contribution in [1.29, 1.82) is 0 Å². The molecule has 0 bridgehead atoms. The number of thiophene rings is 1. The van der Waals surface area contributed by atoms with E-state index in [-0.39, 0.29) is 0 Å². The molecule has 0 amide bonds. The number of hydrogen-bond donors (Lipinski definition) is 1. The molecule has 1 aromatic heterocycles. The average Bonchev–Trinajstić information content (AvgIpc) is 2.74. The van der Waals surface area contributed by atoms with Gasteiger partial charge in [0, 0.05) is 17.5 Å². The molecule has 1 heterocycles. The lowest BCUT2D eigenvalue weighted by Crippen LogP contribution is -2.31. The van der Waals surface area contributed by atoms with Crippen molar-refractivity contribution in [3.63, 3.8) is 0 Å². The van der Waals surface area contributed by atoms with Gasteiger partial charge in [0.2, 0.25) is 0 Å². The van der Waals surface area contributed by atoms with Gasteiger partial charge in [-0.2, -0.15) is 0 Å². The van der Waals surface area contributed by atoms with Gasteiger partial charge >= 0.3 is 0 Å². The summed E-state index contributed by atoms with van der Waals surface area (Å²) in [6.45, 7) is 6.90. The van der Waals surface area contributed by atoms with Crippen LogP contribution in [0, 0.1) is 0 Å². The van der Waals surface area contributed by atoms with E-state index in [1.54, 1.807) is 0 Å². The van der Waals surface area contributed by atoms with Crippen LogP contribution in [-0.2, 0) is 11.2 Å². The Hall–Kier alpha value is -0.380. The van der Waals surface area contributed by atoms with E-state index in [1.807, 2.05) is 18.3 Å². The molecule has 0 aliphatic heterocycles. The van der Waals surface area contributed by atoms with Crippen LogP contribution in [0.2, 0.25) is 0 Å². The van der Waals surface area contributed by atoms with Gasteiger partial charge in [-0.15, -0.1) is 11.3 Å². The molecule has 0 fully saturated rings. The average molecular weight is 227 g/mol. The zero-order chi connectivity index (χ0) is 10.9. The Bertz CT molecular complexity index is 236. The molecule has 1 rings (SSSR count). The summed E-state index contributed by atoms with van der Waals surface area (Å²) >= 11 is 1.84. The molecule has 0 saturated carbocycles. The van der Waals surface area contributed by atoms with Gasteiger partial charge in [-0.25, -0.2) is 0 Å².